The van der Waals surface area contributed by atoms with Crippen molar-refractivity contribution in [3.8, 4) is 0 Å². The van der Waals surface area contributed by atoms with Gasteiger partial charge in [-0.05, 0) is 38.5 Å². The second kappa shape index (κ2) is 6.73. The Bertz CT molecular complexity index is 999. The van der Waals surface area contributed by atoms with E-state index in [0.717, 1.165) is 4.90 Å². The molecule has 30 heavy (non-hydrogen) atoms. The quantitative estimate of drug-likeness (QED) is 0.398. The molecule has 3 heterocycles. The van der Waals surface area contributed by atoms with Crippen LogP contribution in [0.1, 0.15) is 20.8 Å². The molecular weight excluding hydrogens is 396 g/mol. The van der Waals surface area contributed by atoms with Crippen molar-refractivity contribution in [2.75, 3.05) is 11.5 Å². The second-order valence-corrected chi connectivity index (χ2v) is 7.67. The van der Waals surface area contributed by atoms with E-state index in [1.165, 1.54) is 31.2 Å². The molecule has 2 fully saturated rings. The summed E-state index contributed by atoms with van der Waals surface area (Å²) in [4.78, 5) is 52.9. The Labute approximate surface area is 171 Å². The summed E-state index contributed by atoms with van der Waals surface area (Å²) in [6, 6.07) is 5.28. The number of carbonyl (C=O) groups excluding carboxylic acids is 4. The van der Waals surface area contributed by atoms with Crippen LogP contribution >= 0.6 is 0 Å². The van der Waals surface area contributed by atoms with Gasteiger partial charge in [0, 0.05) is 12.1 Å². The third-order valence-electron chi connectivity index (χ3n) is 6.15. The lowest BCUT2D eigenvalue weighted by atomic mass is 9.57. The van der Waals surface area contributed by atoms with Gasteiger partial charge < -0.3 is 14.7 Å². The molecule has 2 saturated heterocycles. The lowest BCUT2D eigenvalue weighted by molar-refractivity contribution is -0.991. The molecule has 10 nitrogen and oxygen atoms in total. The summed E-state index contributed by atoms with van der Waals surface area (Å²) in [5.41, 5.74) is -0.992. The molecule has 0 saturated carbocycles. The van der Waals surface area contributed by atoms with Crippen molar-refractivity contribution in [2.45, 2.75) is 26.9 Å². The minimum Gasteiger partial charge on any atom is -0.595 e. The molecule has 1 aromatic carbocycles. The average molecular weight is 416 g/mol. The molecule has 0 spiro atoms. The minimum atomic E-state index is -1.65. The van der Waals surface area contributed by atoms with E-state index >= 15 is 0 Å². The summed E-state index contributed by atoms with van der Waals surface area (Å²) in [7, 11) is 0. The van der Waals surface area contributed by atoms with Crippen LogP contribution in [-0.4, -0.2) is 41.7 Å². The van der Waals surface area contributed by atoms with Crippen LogP contribution in [0.4, 0.5) is 11.4 Å². The van der Waals surface area contributed by atoms with Crippen LogP contribution in [0.2, 0.25) is 0 Å². The van der Waals surface area contributed by atoms with Crippen molar-refractivity contribution in [2.24, 2.45) is 17.3 Å². The number of nitrogens with zero attached hydrogens (tertiary/aromatic N) is 1. The fourth-order valence-corrected chi connectivity index (χ4v) is 4.79. The van der Waals surface area contributed by atoms with Gasteiger partial charge in [0.1, 0.15) is 11.5 Å². The van der Waals surface area contributed by atoms with E-state index in [2.05, 4.69) is 0 Å². The molecule has 5 atom stereocenters. The van der Waals surface area contributed by atoms with Crippen LogP contribution in [0.15, 0.2) is 35.4 Å². The lowest BCUT2D eigenvalue weighted by Gasteiger charge is -2.48. The van der Waals surface area contributed by atoms with Crippen molar-refractivity contribution in [1.82, 2.24) is 0 Å². The van der Waals surface area contributed by atoms with Gasteiger partial charge in [-0.25, -0.2) is 14.9 Å². The standard InChI is InChI=1S/C20H20N2O8/c1-4-29-18(25)13-9(2)15-12-14(20(13,3)19(26)30-15)17(24)21(16(12)23)10-5-7-11(8-6-10)22(27)28/h5-8,12,14-15,22,27H,4H2,1-3H3. The molecule has 1 aliphatic carbocycles. The van der Waals surface area contributed by atoms with Gasteiger partial charge in [-0.2, -0.15) is 5.23 Å². The summed E-state index contributed by atoms with van der Waals surface area (Å²) >= 11 is 0. The molecule has 3 aliphatic heterocycles. The fourth-order valence-electron chi connectivity index (χ4n) is 4.79. The first kappa shape index (κ1) is 20.2. The first-order valence-corrected chi connectivity index (χ1v) is 9.45. The van der Waals surface area contributed by atoms with Crippen LogP contribution in [0.3, 0.4) is 0 Å². The van der Waals surface area contributed by atoms with Crippen molar-refractivity contribution >= 4 is 35.1 Å². The molecule has 10 heteroatoms. The van der Waals surface area contributed by atoms with Gasteiger partial charge in [0.2, 0.25) is 11.8 Å². The van der Waals surface area contributed by atoms with E-state index in [0.29, 0.717) is 5.57 Å². The number of quaternary nitrogens is 1. The number of anilines is 1. The molecular formula is C20H20N2O8. The lowest BCUT2D eigenvalue weighted by Crippen LogP contribution is -2.99. The smallest absolute Gasteiger partial charge is 0.335 e. The van der Waals surface area contributed by atoms with Crippen LogP contribution < -0.4 is 10.1 Å². The number of imide groups is 1. The molecule has 2 bridgehead atoms. The summed E-state index contributed by atoms with van der Waals surface area (Å²) in [5.74, 6) is -4.71. The number of benzene rings is 1. The second-order valence-electron chi connectivity index (χ2n) is 7.67. The molecule has 5 rings (SSSR count). The summed E-state index contributed by atoms with van der Waals surface area (Å²) in [6.07, 6.45) is -1.04. The highest BCUT2D eigenvalue weighted by atomic mass is 16.8. The van der Waals surface area contributed by atoms with Crippen molar-refractivity contribution < 1.29 is 39.1 Å². The van der Waals surface area contributed by atoms with Gasteiger partial charge in [0.15, 0.2) is 5.69 Å². The fraction of sp³-hybridized carbons (Fsp3) is 0.400. The first-order chi connectivity index (χ1) is 14.1. The molecule has 4 aliphatic rings. The molecule has 158 valence electrons. The van der Waals surface area contributed by atoms with E-state index < -0.39 is 52.3 Å². The number of ether oxygens (including phenoxy) is 2. The maximum absolute atomic E-state index is 13.3. The van der Waals surface area contributed by atoms with Gasteiger partial charge in [-0.1, -0.05) is 0 Å². The third-order valence-corrected chi connectivity index (χ3v) is 6.15. The first-order valence-electron chi connectivity index (χ1n) is 9.45. The van der Waals surface area contributed by atoms with E-state index in [9.17, 15) is 24.4 Å². The normalized spacial score (nSPS) is 31.0. The number of hydrogen-bond acceptors (Lipinski definition) is 8. The van der Waals surface area contributed by atoms with Crippen LogP contribution in [0.25, 0.3) is 0 Å². The topological polar surface area (TPSA) is 138 Å². The highest BCUT2D eigenvalue weighted by Gasteiger charge is 2.71. The van der Waals surface area contributed by atoms with Crippen LogP contribution in [0.5, 0.6) is 0 Å². The molecule has 0 aromatic heterocycles. The van der Waals surface area contributed by atoms with Crippen molar-refractivity contribution in [1.29, 1.82) is 0 Å². The van der Waals surface area contributed by atoms with Gasteiger partial charge in [-0.15, -0.1) is 0 Å². The number of nitrogens with one attached hydrogen (secondary N) is 1. The zero-order valence-corrected chi connectivity index (χ0v) is 16.5. The Kier molecular flexibility index (Phi) is 4.53. The predicted molar refractivity (Wildman–Crippen MR) is 99.0 cm³/mol. The van der Waals surface area contributed by atoms with Crippen molar-refractivity contribution in [3.05, 3.63) is 40.6 Å². The van der Waals surface area contributed by atoms with E-state index in [1.54, 1.807) is 13.8 Å². The average Bonchev–Trinajstić information content (AvgIpc) is 2.96. The summed E-state index contributed by atoms with van der Waals surface area (Å²) in [6.45, 7) is 4.75. The SMILES string of the molecule is CCOC(=O)C1=C(C)C2OC(=O)C1(C)C1C(=O)N(c3ccc([NH+]([O-])O)cc3)C(=O)C21. The van der Waals surface area contributed by atoms with E-state index in [1.807, 2.05) is 0 Å². The number of carbonyl (C=O) groups is 4. The molecule has 0 radical (unpaired) electrons. The predicted octanol–water partition coefficient (Wildman–Crippen LogP) is 0.0205. The Morgan fingerprint density at radius 1 is 1.27 bits per heavy atom. The van der Waals surface area contributed by atoms with E-state index in [-0.39, 0.29) is 23.6 Å². The monoisotopic (exact) mass is 416 g/mol. The Morgan fingerprint density at radius 2 is 1.90 bits per heavy atom. The molecule has 2 N–H and O–H groups in total. The maximum Gasteiger partial charge on any atom is 0.335 e. The largest absolute Gasteiger partial charge is 0.595 e. The number of hydrogen-bond donors (Lipinski definition) is 2. The number of fused-ring (bicyclic) bond motifs is 1. The minimum absolute atomic E-state index is 0.00270. The molecule has 5 unspecified atom stereocenters. The Morgan fingerprint density at radius 3 is 2.47 bits per heavy atom. The van der Waals surface area contributed by atoms with Crippen LogP contribution in [0, 0.1) is 22.5 Å². The zero-order chi connectivity index (χ0) is 22.0. The summed E-state index contributed by atoms with van der Waals surface area (Å²) < 4.78 is 10.6. The Balaban J connectivity index is 1.80. The van der Waals surface area contributed by atoms with Gasteiger partial charge in [0.25, 0.3) is 0 Å². The third kappa shape index (κ3) is 2.47. The highest BCUT2D eigenvalue weighted by Crippen LogP contribution is 2.58. The van der Waals surface area contributed by atoms with Gasteiger partial charge >= 0.3 is 11.9 Å². The number of esters is 2. The number of rotatable bonds is 4. The van der Waals surface area contributed by atoms with Crippen LogP contribution in [-0.2, 0) is 28.7 Å². The van der Waals surface area contributed by atoms with E-state index in [4.69, 9.17) is 14.7 Å². The Hall–Kier alpha value is -3.08. The number of amides is 2. The van der Waals surface area contributed by atoms with Gasteiger partial charge in [-0.3, -0.25) is 14.4 Å². The zero-order valence-electron chi connectivity index (χ0n) is 16.5. The van der Waals surface area contributed by atoms with Crippen molar-refractivity contribution in [3.63, 3.8) is 0 Å². The maximum atomic E-state index is 13.3. The van der Waals surface area contributed by atoms with Gasteiger partial charge in [0.05, 0.1) is 29.7 Å². The molecule has 1 aromatic rings. The summed E-state index contributed by atoms with van der Waals surface area (Å²) in [5, 5.41) is 19.0. The molecule has 2 amide bonds. The highest BCUT2D eigenvalue weighted by molar-refractivity contribution is 6.25.